The molecule has 1 aliphatic carbocycles. The van der Waals surface area contributed by atoms with Crippen LogP contribution < -0.4 is 5.32 Å². The van der Waals surface area contributed by atoms with Crippen LogP contribution in [-0.4, -0.2) is 46.9 Å². The Kier molecular flexibility index (Phi) is 4.48. The van der Waals surface area contributed by atoms with Gasteiger partial charge in [0.1, 0.15) is 6.04 Å². The average Bonchev–Trinajstić information content (AvgIpc) is 3.34. The maximum Gasteiger partial charge on any atom is 0.326 e. The van der Waals surface area contributed by atoms with Crippen molar-refractivity contribution in [2.75, 3.05) is 13.7 Å². The van der Waals surface area contributed by atoms with Gasteiger partial charge in [-0.05, 0) is 25.8 Å². The summed E-state index contributed by atoms with van der Waals surface area (Å²) >= 11 is 0. The Hall–Kier alpha value is -2.48. The number of methoxy groups -OCH3 is 1. The minimum Gasteiger partial charge on any atom is -0.480 e. The molecule has 1 aliphatic rings. The van der Waals surface area contributed by atoms with Gasteiger partial charge in [-0.2, -0.15) is 0 Å². The first-order chi connectivity index (χ1) is 11.5. The van der Waals surface area contributed by atoms with Crippen molar-refractivity contribution in [3.8, 4) is 0 Å². The van der Waals surface area contributed by atoms with Crippen LogP contribution in [-0.2, 0) is 9.53 Å². The van der Waals surface area contributed by atoms with Crippen molar-refractivity contribution in [3.05, 3.63) is 23.0 Å². The summed E-state index contributed by atoms with van der Waals surface area (Å²) in [5.74, 6) is -1.25. The van der Waals surface area contributed by atoms with Crippen molar-refractivity contribution >= 4 is 23.0 Å². The van der Waals surface area contributed by atoms with Gasteiger partial charge in [-0.25, -0.2) is 9.78 Å². The highest BCUT2D eigenvalue weighted by atomic mass is 16.5. The number of hydrogen-bond acceptors (Lipinski definition) is 6. The number of carboxylic acid groups (broad SMARTS) is 1. The second-order valence-electron chi connectivity index (χ2n) is 5.96. The molecule has 0 saturated heterocycles. The number of carboxylic acids is 1. The van der Waals surface area contributed by atoms with E-state index in [0.717, 1.165) is 18.5 Å². The Morgan fingerprint density at radius 3 is 2.88 bits per heavy atom. The van der Waals surface area contributed by atoms with E-state index < -0.39 is 17.9 Å². The molecule has 0 radical (unpaired) electrons. The summed E-state index contributed by atoms with van der Waals surface area (Å²) in [6, 6.07) is 0.694. The van der Waals surface area contributed by atoms with Crippen LogP contribution in [0.1, 0.15) is 46.9 Å². The van der Waals surface area contributed by atoms with Gasteiger partial charge in [0, 0.05) is 31.7 Å². The topological polar surface area (TPSA) is 115 Å². The average molecular weight is 333 g/mol. The second-order valence-corrected chi connectivity index (χ2v) is 5.96. The molecular formula is C16H19N3O5. The van der Waals surface area contributed by atoms with Crippen LogP contribution >= 0.6 is 0 Å². The number of nitrogens with zero attached hydrogens (tertiary/aromatic N) is 2. The number of aromatic nitrogens is 2. The van der Waals surface area contributed by atoms with E-state index in [9.17, 15) is 14.7 Å². The second kappa shape index (κ2) is 6.56. The maximum atomic E-state index is 12.7. The van der Waals surface area contributed by atoms with Gasteiger partial charge in [0.2, 0.25) is 0 Å². The Morgan fingerprint density at radius 2 is 2.25 bits per heavy atom. The number of rotatable bonds is 7. The largest absolute Gasteiger partial charge is 0.480 e. The number of pyridine rings is 1. The lowest BCUT2D eigenvalue weighted by atomic mass is 10.1. The summed E-state index contributed by atoms with van der Waals surface area (Å²) in [6.45, 7) is 1.96. The molecule has 1 amide bonds. The monoisotopic (exact) mass is 333 g/mol. The fraction of sp³-hybridized carbons (Fsp3) is 0.500. The van der Waals surface area contributed by atoms with Crippen LogP contribution in [0, 0.1) is 6.92 Å². The molecular weight excluding hydrogens is 314 g/mol. The van der Waals surface area contributed by atoms with E-state index in [0.29, 0.717) is 28.3 Å². The summed E-state index contributed by atoms with van der Waals surface area (Å²) in [5.41, 5.74) is 2.00. The smallest absolute Gasteiger partial charge is 0.326 e. The highest BCUT2D eigenvalue weighted by molar-refractivity contribution is 6.07. The predicted molar refractivity (Wildman–Crippen MR) is 83.9 cm³/mol. The van der Waals surface area contributed by atoms with E-state index in [1.807, 2.05) is 0 Å². The molecule has 1 saturated carbocycles. The maximum absolute atomic E-state index is 12.7. The predicted octanol–water partition coefficient (Wildman–Crippen LogP) is 1.63. The van der Waals surface area contributed by atoms with Gasteiger partial charge in [0.15, 0.2) is 0 Å². The zero-order chi connectivity index (χ0) is 17.3. The van der Waals surface area contributed by atoms with Crippen molar-refractivity contribution in [3.63, 3.8) is 0 Å². The summed E-state index contributed by atoms with van der Waals surface area (Å²) in [4.78, 5) is 28.4. The summed E-state index contributed by atoms with van der Waals surface area (Å²) in [7, 11) is 1.48. The molecule has 1 atom stereocenters. The van der Waals surface area contributed by atoms with Crippen LogP contribution in [0.15, 0.2) is 10.6 Å². The number of hydrogen-bond donors (Lipinski definition) is 2. The molecule has 0 aliphatic heterocycles. The quantitative estimate of drug-likeness (QED) is 0.791. The van der Waals surface area contributed by atoms with Gasteiger partial charge in [0.05, 0.1) is 16.6 Å². The minimum atomic E-state index is -1.10. The van der Waals surface area contributed by atoms with Crippen molar-refractivity contribution in [2.24, 2.45) is 0 Å². The lowest BCUT2D eigenvalue weighted by Crippen LogP contribution is -2.41. The normalized spacial score (nSPS) is 15.4. The summed E-state index contributed by atoms with van der Waals surface area (Å²) < 4.78 is 10.1. The third kappa shape index (κ3) is 3.23. The molecule has 128 valence electrons. The number of amides is 1. The highest BCUT2D eigenvalue weighted by Crippen LogP contribution is 2.40. The zero-order valence-electron chi connectivity index (χ0n) is 13.5. The van der Waals surface area contributed by atoms with Crippen molar-refractivity contribution < 1.29 is 24.0 Å². The molecule has 2 aromatic heterocycles. The van der Waals surface area contributed by atoms with Gasteiger partial charge in [-0.1, -0.05) is 5.16 Å². The first-order valence-corrected chi connectivity index (χ1v) is 7.80. The van der Waals surface area contributed by atoms with E-state index in [1.54, 1.807) is 13.0 Å². The van der Waals surface area contributed by atoms with Gasteiger partial charge >= 0.3 is 5.97 Å². The first kappa shape index (κ1) is 16.4. The molecule has 2 aromatic rings. The molecule has 2 heterocycles. The minimum absolute atomic E-state index is 0.184. The third-order valence-corrected chi connectivity index (χ3v) is 4.09. The Labute approximate surface area is 138 Å². The van der Waals surface area contributed by atoms with Crippen LogP contribution in [0.3, 0.4) is 0 Å². The van der Waals surface area contributed by atoms with Crippen molar-refractivity contribution in [2.45, 2.75) is 38.1 Å². The van der Waals surface area contributed by atoms with Gasteiger partial charge in [0.25, 0.3) is 11.6 Å². The first-order valence-electron chi connectivity index (χ1n) is 7.80. The van der Waals surface area contributed by atoms with E-state index in [2.05, 4.69) is 15.5 Å². The van der Waals surface area contributed by atoms with Crippen LogP contribution in [0.5, 0.6) is 0 Å². The zero-order valence-corrected chi connectivity index (χ0v) is 13.5. The van der Waals surface area contributed by atoms with Crippen molar-refractivity contribution in [1.29, 1.82) is 0 Å². The molecule has 2 N–H and O–H groups in total. The number of aryl methyl sites for hydroxylation is 1. The van der Waals surface area contributed by atoms with Gasteiger partial charge in [-0.3, -0.25) is 4.79 Å². The molecule has 24 heavy (non-hydrogen) atoms. The lowest BCUT2D eigenvalue weighted by molar-refractivity contribution is -0.139. The van der Waals surface area contributed by atoms with Crippen molar-refractivity contribution in [1.82, 2.24) is 15.5 Å². The fourth-order valence-corrected chi connectivity index (χ4v) is 2.61. The number of carbonyl (C=O) groups excluding carboxylic acids is 1. The molecule has 1 unspecified atom stereocenters. The molecule has 8 nitrogen and oxygen atoms in total. The molecule has 0 aromatic carbocycles. The van der Waals surface area contributed by atoms with E-state index in [-0.39, 0.29) is 13.0 Å². The van der Waals surface area contributed by atoms with Crippen LogP contribution in [0.2, 0.25) is 0 Å². The summed E-state index contributed by atoms with van der Waals surface area (Å²) in [6.07, 6.45) is 2.24. The SMILES string of the molecule is COCCC(NC(=O)c1cc(C2CC2)nc2onc(C)c12)C(=O)O. The molecule has 0 spiro atoms. The lowest BCUT2D eigenvalue weighted by Gasteiger charge is -2.14. The third-order valence-electron chi connectivity index (χ3n) is 4.09. The fourth-order valence-electron chi connectivity index (χ4n) is 2.61. The van der Waals surface area contributed by atoms with E-state index >= 15 is 0 Å². The van der Waals surface area contributed by atoms with E-state index in [1.165, 1.54) is 7.11 Å². The van der Waals surface area contributed by atoms with Crippen LogP contribution in [0.4, 0.5) is 0 Å². The van der Waals surface area contributed by atoms with Gasteiger partial charge < -0.3 is 19.7 Å². The number of fused-ring (bicyclic) bond motifs is 1. The molecule has 8 heteroatoms. The Morgan fingerprint density at radius 1 is 1.50 bits per heavy atom. The number of carbonyl (C=O) groups is 2. The van der Waals surface area contributed by atoms with Gasteiger partial charge in [-0.15, -0.1) is 0 Å². The number of aliphatic carboxylic acids is 1. The Bertz CT molecular complexity index is 781. The van der Waals surface area contributed by atoms with Crippen LogP contribution in [0.25, 0.3) is 11.1 Å². The number of ether oxygens (including phenoxy) is 1. The highest BCUT2D eigenvalue weighted by Gasteiger charge is 2.29. The molecule has 0 bridgehead atoms. The Balaban J connectivity index is 1.93. The molecule has 3 rings (SSSR count). The van der Waals surface area contributed by atoms with E-state index in [4.69, 9.17) is 9.26 Å². The molecule has 1 fully saturated rings. The number of nitrogens with one attached hydrogen (secondary N) is 1. The standard InChI is InChI=1S/C16H19N3O5/c1-8-13-10(14(20)17-11(16(21)22)5-6-23-2)7-12(9-3-4-9)18-15(13)24-19-8/h7,9,11H,3-6H2,1-2H3,(H,17,20)(H,21,22). The summed E-state index contributed by atoms with van der Waals surface area (Å²) in [5, 5.41) is 16.2.